The number of benzene rings is 1. The summed E-state index contributed by atoms with van der Waals surface area (Å²) in [6.07, 6.45) is 5.23. The smallest absolute Gasteiger partial charge is 0.136 e. The molecule has 0 amide bonds. The molecule has 1 aliphatic carbocycles. The molecule has 1 aliphatic heterocycles. The average molecular weight is 231 g/mol. The van der Waals surface area contributed by atoms with Crippen LogP contribution in [-0.4, -0.2) is 18.9 Å². The van der Waals surface area contributed by atoms with Crippen LogP contribution < -0.4 is 4.74 Å². The molecule has 1 aromatic carbocycles. The highest BCUT2D eigenvalue weighted by atomic mass is 16.6. The fourth-order valence-electron chi connectivity index (χ4n) is 2.76. The van der Waals surface area contributed by atoms with Gasteiger partial charge < -0.3 is 9.57 Å². The van der Waals surface area contributed by atoms with E-state index in [0.29, 0.717) is 12.0 Å². The maximum absolute atomic E-state index is 5.54. The van der Waals surface area contributed by atoms with Crippen LogP contribution in [-0.2, 0) is 4.84 Å². The largest absolute Gasteiger partial charge is 0.497 e. The minimum atomic E-state index is 0.320. The van der Waals surface area contributed by atoms with Crippen LogP contribution in [0, 0.1) is 5.92 Å². The van der Waals surface area contributed by atoms with Gasteiger partial charge in [-0.1, -0.05) is 11.6 Å². The predicted molar refractivity (Wildman–Crippen MR) is 66.4 cm³/mol. The highest BCUT2D eigenvalue weighted by molar-refractivity contribution is 6.03. The molecule has 2 aliphatic rings. The Morgan fingerprint density at radius 1 is 1.18 bits per heavy atom. The normalized spacial score (nSPS) is 27.0. The summed E-state index contributed by atoms with van der Waals surface area (Å²) in [7, 11) is 1.68. The summed E-state index contributed by atoms with van der Waals surface area (Å²) < 4.78 is 5.17. The molecule has 90 valence electrons. The fraction of sp³-hybridized carbons (Fsp3) is 0.500. The minimum Gasteiger partial charge on any atom is -0.497 e. The molecule has 1 heterocycles. The zero-order chi connectivity index (χ0) is 11.7. The second-order valence-electron chi connectivity index (χ2n) is 4.74. The zero-order valence-electron chi connectivity index (χ0n) is 10.1. The Bertz CT molecular complexity index is 424. The van der Waals surface area contributed by atoms with Crippen molar-refractivity contribution in [1.29, 1.82) is 0 Å². The third-order valence-electron chi connectivity index (χ3n) is 3.73. The second-order valence-corrected chi connectivity index (χ2v) is 4.74. The topological polar surface area (TPSA) is 30.8 Å². The summed E-state index contributed by atoms with van der Waals surface area (Å²) in [6, 6.07) is 8.10. The van der Waals surface area contributed by atoms with Gasteiger partial charge in [0.2, 0.25) is 0 Å². The van der Waals surface area contributed by atoms with Crippen LogP contribution in [0.2, 0.25) is 0 Å². The molecular formula is C14H17NO2. The Labute approximate surface area is 101 Å². The zero-order valence-corrected chi connectivity index (χ0v) is 10.1. The van der Waals surface area contributed by atoms with E-state index in [9.17, 15) is 0 Å². The average Bonchev–Trinajstić information content (AvgIpc) is 2.83. The summed E-state index contributed by atoms with van der Waals surface area (Å²) in [6.45, 7) is 0. The van der Waals surface area contributed by atoms with E-state index >= 15 is 0 Å². The van der Waals surface area contributed by atoms with Gasteiger partial charge in [-0.2, -0.15) is 0 Å². The van der Waals surface area contributed by atoms with Gasteiger partial charge in [0.25, 0.3) is 0 Å². The maximum Gasteiger partial charge on any atom is 0.136 e. The van der Waals surface area contributed by atoms with E-state index in [2.05, 4.69) is 17.3 Å². The molecule has 3 nitrogen and oxygen atoms in total. The van der Waals surface area contributed by atoms with E-state index in [1.165, 1.54) is 24.8 Å². The van der Waals surface area contributed by atoms with Gasteiger partial charge in [-0.25, -0.2) is 0 Å². The van der Waals surface area contributed by atoms with Crippen molar-refractivity contribution in [2.24, 2.45) is 11.1 Å². The molecule has 0 bridgehead atoms. The molecule has 17 heavy (non-hydrogen) atoms. The Kier molecular flexibility index (Phi) is 2.75. The second kappa shape index (κ2) is 4.40. The lowest BCUT2D eigenvalue weighted by atomic mass is 9.82. The van der Waals surface area contributed by atoms with Crippen LogP contribution in [0.4, 0.5) is 0 Å². The molecule has 0 radical (unpaired) electrons. The first-order valence-corrected chi connectivity index (χ1v) is 6.26. The molecular weight excluding hydrogens is 214 g/mol. The van der Waals surface area contributed by atoms with Gasteiger partial charge in [-0.15, -0.1) is 0 Å². The lowest BCUT2D eigenvalue weighted by Gasteiger charge is -2.23. The summed E-state index contributed by atoms with van der Waals surface area (Å²) in [5, 5.41) is 4.28. The highest BCUT2D eigenvalue weighted by Crippen LogP contribution is 2.34. The van der Waals surface area contributed by atoms with Crippen LogP contribution in [0.1, 0.15) is 31.2 Å². The third-order valence-corrected chi connectivity index (χ3v) is 3.73. The van der Waals surface area contributed by atoms with E-state index in [0.717, 1.165) is 17.9 Å². The molecule has 1 saturated carbocycles. The fourth-order valence-corrected chi connectivity index (χ4v) is 2.76. The van der Waals surface area contributed by atoms with Crippen LogP contribution >= 0.6 is 0 Å². The van der Waals surface area contributed by atoms with Gasteiger partial charge in [0.15, 0.2) is 0 Å². The Hall–Kier alpha value is -1.51. The number of methoxy groups -OCH3 is 1. The van der Waals surface area contributed by atoms with Crippen LogP contribution in [0.15, 0.2) is 29.4 Å². The van der Waals surface area contributed by atoms with E-state index in [1.807, 2.05) is 12.1 Å². The first-order valence-electron chi connectivity index (χ1n) is 6.26. The van der Waals surface area contributed by atoms with Crippen molar-refractivity contribution < 1.29 is 9.57 Å². The van der Waals surface area contributed by atoms with Crippen molar-refractivity contribution >= 4 is 5.71 Å². The van der Waals surface area contributed by atoms with Gasteiger partial charge >= 0.3 is 0 Å². The van der Waals surface area contributed by atoms with Crippen molar-refractivity contribution in [1.82, 2.24) is 0 Å². The van der Waals surface area contributed by atoms with Crippen molar-refractivity contribution in [3.8, 4) is 5.75 Å². The summed E-state index contributed by atoms with van der Waals surface area (Å²) in [5.74, 6) is 1.38. The quantitative estimate of drug-likeness (QED) is 0.783. The van der Waals surface area contributed by atoms with Crippen LogP contribution in [0.3, 0.4) is 0 Å². The number of fused-ring (bicyclic) bond motifs is 1. The minimum absolute atomic E-state index is 0.320. The Balaban J connectivity index is 1.83. The SMILES string of the molecule is COc1ccc(C2=NOC3CCCCC23)cc1. The number of nitrogens with zero attached hydrogens (tertiary/aromatic N) is 1. The van der Waals surface area contributed by atoms with Gasteiger partial charge in [-0.3, -0.25) is 0 Å². The molecule has 2 unspecified atom stereocenters. The molecule has 0 spiro atoms. The highest BCUT2D eigenvalue weighted by Gasteiger charge is 2.36. The van der Waals surface area contributed by atoms with Gasteiger partial charge in [0.05, 0.1) is 12.8 Å². The van der Waals surface area contributed by atoms with E-state index < -0.39 is 0 Å². The Morgan fingerprint density at radius 3 is 2.71 bits per heavy atom. The predicted octanol–water partition coefficient (Wildman–Crippen LogP) is 2.99. The third kappa shape index (κ3) is 1.90. The molecule has 0 aromatic heterocycles. The first kappa shape index (κ1) is 10.6. The van der Waals surface area contributed by atoms with Crippen LogP contribution in [0.25, 0.3) is 0 Å². The van der Waals surface area contributed by atoms with Crippen molar-refractivity contribution in [2.45, 2.75) is 31.8 Å². The van der Waals surface area contributed by atoms with E-state index in [1.54, 1.807) is 7.11 Å². The number of ether oxygens (including phenoxy) is 1. The van der Waals surface area contributed by atoms with Gasteiger partial charge in [0, 0.05) is 5.92 Å². The Morgan fingerprint density at radius 2 is 1.94 bits per heavy atom. The van der Waals surface area contributed by atoms with E-state index in [4.69, 9.17) is 9.57 Å². The van der Waals surface area contributed by atoms with Gasteiger partial charge in [0.1, 0.15) is 11.9 Å². The molecule has 1 fully saturated rings. The molecule has 0 saturated heterocycles. The van der Waals surface area contributed by atoms with Crippen molar-refractivity contribution in [3.63, 3.8) is 0 Å². The first-order chi connectivity index (χ1) is 8.38. The number of hydrogen-bond donors (Lipinski definition) is 0. The van der Waals surface area contributed by atoms with E-state index in [-0.39, 0.29) is 0 Å². The van der Waals surface area contributed by atoms with Crippen molar-refractivity contribution in [3.05, 3.63) is 29.8 Å². The number of hydrogen-bond acceptors (Lipinski definition) is 3. The maximum atomic E-state index is 5.54. The molecule has 3 heteroatoms. The lowest BCUT2D eigenvalue weighted by molar-refractivity contribution is 0.0397. The lowest BCUT2D eigenvalue weighted by Crippen LogP contribution is -2.27. The summed E-state index contributed by atoms with van der Waals surface area (Å²) >= 11 is 0. The summed E-state index contributed by atoms with van der Waals surface area (Å²) in [5.41, 5.74) is 2.29. The molecule has 3 rings (SSSR count). The molecule has 2 atom stereocenters. The van der Waals surface area contributed by atoms with Crippen LogP contribution in [0.5, 0.6) is 5.75 Å². The summed E-state index contributed by atoms with van der Waals surface area (Å²) in [4.78, 5) is 5.54. The number of rotatable bonds is 2. The van der Waals surface area contributed by atoms with Gasteiger partial charge in [-0.05, 0) is 49.1 Å². The molecule has 1 aromatic rings. The number of oxime groups is 1. The molecule has 0 N–H and O–H groups in total. The standard InChI is InChI=1S/C14H17NO2/c1-16-11-8-6-10(7-9-11)14-12-4-2-3-5-13(12)17-15-14/h6-9,12-13H,2-5H2,1H3. The monoisotopic (exact) mass is 231 g/mol. The van der Waals surface area contributed by atoms with Crippen molar-refractivity contribution in [2.75, 3.05) is 7.11 Å².